The molecule has 0 aliphatic rings. The van der Waals surface area contributed by atoms with Crippen molar-refractivity contribution in [1.29, 1.82) is 0 Å². The number of ether oxygens (including phenoxy) is 3. The zero-order chi connectivity index (χ0) is 21.1. The molecule has 2 rings (SSSR count). The largest absolute Gasteiger partial charge is 0.496 e. The van der Waals surface area contributed by atoms with Crippen molar-refractivity contribution in [2.75, 3.05) is 25.2 Å². The van der Waals surface area contributed by atoms with Gasteiger partial charge in [0.15, 0.2) is 5.58 Å². The first kappa shape index (κ1) is 23.3. The number of nitrogens with zero attached hydrogens (tertiary/aromatic N) is 2. The Morgan fingerprint density at radius 3 is 2.04 bits per heavy atom. The fourth-order valence-electron chi connectivity index (χ4n) is 1.93. The van der Waals surface area contributed by atoms with Crippen molar-refractivity contribution >= 4 is 98.6 Å². The van der Waals surface area contributed by atoms with Crippen LogP contribution < -0.4 is 9.64 Å². The minimum absolute atomic E-state index is 0.182. The lowest BCUT2D eigenvalue weighted by molar-refractivity contribution is 0.136. The Balaban J connectivity index is 2.43. The first-order valence-corrected chi connectivity index (χ1v) is 9.39. The van der Waals surface area contributed by atoms with E-state index in [1.807, 2.05) is 0 Å². The van der Waals surface area contributed by atoms with Crippen LogP contribution in [-0.2, 0) is 9.47 Å². The van der Waals surface area contributed by atoms with Gasteiger partial charge in [-0.15, -0.1) is 0 Å². The van der Waals surface area contributed by atoms with Crippen molar-refractivity contribution in [3.05, 3.63) is 18.2 Å². The van der Waals surface area contributed by atoms with Gasteiger partial charge in [-0.05, 0) is 12.1 Å². The minimum atomic E-state index is -1.92. The van der Waals surface area contributed by atoms with E-state index in [0.717, 1.165) is 0 Å². The molecule has 0 aliphatic carbocycles. The molecule has 0 saturated heterocycles. The van der Waals surface area contributed by atoms with Crippen molar-refractivity contribution in [1.82, 2.24) is 5.16 Å². The van der Waals surface area contributed by atoms with E-state index in [1.165, 1.54) is 13.2 Å². The molecule has 0 bridgehead atoms. The number of amides is 2. The zero-order valence-corrected chi connectivity index (χ0v) is 18.3. The van der Waals surface area contributed by atoms with Gasteiger partial charge in [-0.2, -0.15) is 4.90 Å². The highest BCUT2D eigenvalue weighted by Gasteiger charge is 2.36. The Morgan fingerprint density at radius 2 is 1.57 bits per heavy atom. The summed E-state index contributed by atoms with van der Waals surface area (Å²) < 4.78 is 16.2. The summed E-state index contributed by atoms with van der Waals surface area (Å²) >= 11 is 33.4. The van der Waals surface area contributed by atoms with E-state index in [2.05, 4.69) is 5.16 Å². The highest BCUT2D eigenvalue weighted by molar-refractivity contribution is 6.68. The molecule has 2 aromatic rings. The number of halogens is 6. The highest BCUT2D eigenvalue weighted by Crippen LogP contribution is 2.35. The van der Waals surface area contributed by atoms with Gasteiger partial charge in [-0.1, -0.05) is 80.8 Å². The van der Waals surface area contributed by atoms with Crippen LogP contribution in [0, 0.1) is 0 Å². The summed E-state index contributed by atoms with van der Waals surface area (Å²) in [7, 11) is 1.37. The standard InChI is InChI=1S/C14H10Cl6N2O6/c1-25-7-3-2-4-8-9(7)10(21-28-8)22(11(23)26-5-13(15,16)17)12(24)27-6-14(18,19)20/h2-4H,5-6H2,1H3. The molecule has 0 atom stereocenters. The third-order valence-electron chi connectivity index (χ3n) is 2.96. The van der Waals surface area contributed by atoms with E-state index in [4.69, 9.17) is 88.3 Å². The molecule has 0 N–H and O–H groups in total. The van der Waals surface area contributed by atoms with Crippen LogP contribution in [0.3, 0.4) is 0 Å². The quantitative estimate of drug-likeness (QED) is 0.486. The van der Waals surface area contributed by atoms with Gasteiger partial charge in [0.05, 0.1) is 7.11 Å². The van der Waals surface area contributed by atoms with Gasteiger partial charge in [-0.25, -0.2) is 9.59 Å². The monoisotopic (exact) mass is 512 g/mol. The van der Waals surface area contributed by atoms with E-state index >= 15 is 0 Å². The first-order valence-electron chi connectivity index (χ1n) is 7.12. The van der Waals surface area contributed by atoms with Crippen LogP contribution in [-0.4, -0.2) is 45.3 Å². The number of rotatable bonds is 4. The van der Waals surface area contributed by atoms with Crippen molar-refractivity contribution < 1.29 is 28.3 Å². The summed E-state index contributed by atoms with van der Waals surface area (Å²) in [5.41, 5.74) is 0.211. The smallest absolute Gasteiger partial charge is 0.425 e. The maximum atomic E-state index is 12.5. The fraction of sp³-hybridized carbons (Fsp3) is 0.357. The summed E-state index contributed by atoms with van der Waals surface area (Å²) in [5.74, 6) is -0.0433. The van der Waals surface area contributed by atoms with Crippen LogP contribution in [0.5, 0.6) is 5.75 Å². The number of carbonyl (C=O) groups is 2. The number of hydrogen-bond donors (Lipinski definition) is 0. The van der Waals surface area contributed by atoms with Crippen molar-refractivity contribution in [3.63, 3.8) is 0 Å². The molecule has 1 aromatic carbocycles. The predicted molar refractivity (Wildman–Crippen MR) is 106 cm³/mol. The highest BCUT2D eigenvalue weighted by atomic mass is 35.6. The lowest BCUT2D eigenvalue weighted by Gasteiger charge is -2.20. The number of aromatic nitrogens is 1. The Bertz CT molecular complexity index is 832. The number of methoxy groups -OCH3 is 1. The molecular formula is C14H10Cl6N2O6. The molecule has 2 amide bonds. The third-order valence-corrected chi connectivity index (χ3v) is 3.61. The maximum Gasteiger partial charge on any atom is 0.425 e. The number of carbonyl (C=O) groups excluding carboxylic acids is 2. The Labute approximate surface area is 188 Å². The van der Waals surface area contributed by atoms with E-state index in [0.29, 0.717) is 4.90 Å². The maximum absolute atomic E-state index is 12.5. The molecule has 28 heavy (non-hydrogen) atoms. The van der Waals surface area contributed by atoms with Crippen LogP contribution in [0.2, 0.25) is 0 Å². The van der Waals surface area contributed by atoms with Crippen molar-refractivity contribution in [3.8, 4) is 5.75 Å². The summed E-state index contributed by atoms with van der Waals surface area (Å²) in [6, 6.07) is 4.70. The Kier molecular flexibility index (Phi) is 7.63. The molecule has 1 heterocycles. The van der Waals surface area contributed by atoms with Crippen LogP contribution in [0.4, 0.5) is 15.4 Å². The van der Waals surface area contributed by atoms with Crippen LogP contribution in [0.25, 0.3) is 11.0 Å². The van der Waals surface area contributed by atoms with Gasteiger partial charge in [-0.3, -0.25) is 0 Å². The third kappa shape index (κ3) is 6.23. The van der Waals surface area contributed by atoms with E-state index in [-0.39, 0.29) is 22.5 Å². The molecule has 0 radical (unpaired) electrons. The molecule has 0 saturated carbocycles. The topological polar surface area (TPSA) is 91.1 Å². The molecule has 14 heteroatoms. The van der Waals surface area contributed by atoms with E-state index in [1.54, 1.807) is 12.1 Å². The normalized spacial score (nSPS) is 12.0. The molecular weight excluding hydrogens is 505 g/mol. The van der Waals surface area contributed by atoms with Crippen molar-refractivity contribution in [2.24, 2.45) is 0 Å². The second kappa shape index (κ2) is 9.19. The number of benzene rings is 1. The fourth-order valence-corrected chi connectivity index (χ4v) is 2.26. The average molecular weight is 515 g/mol. The molecule has 0 aliphatic heterocycles. The van der Waals surface area contributed by atoms with E-state index < -0.39 is 33.0 Å². The lowest BCUT2D eigenvalue weighted by atomic mass is 10.2. The molecule has 1 aromatic heterocycles. The van der Waals surface area contributed by atoms with Gasteiger partial charge in [0.1, 0.15) is 24.3 Å². The molecule has 0 fully saturated rings. The lowest BCUT2D eigenvalue weighted by Crippen LogP contribution is -2.40. The molecule has 0 spiro atoms. The van der Waals surface area contributed by atoms with Gasteiger partial charge in [0.2, 0.25) is 13.4 Å². The molecule has 0 unspecified atom stereocenters. The molecule has 154 valence electrons. The zero-order valence-electron chi connectivity index (χ0n) is 13.8. The SMILES string of the molecule is COc1cccc2onc(N(C(=O)OCC(Cl)(Cl)Cl)C(=O)OCC(Cl)(Cl)Cl)c12. The summed E-state index contributed by atoms with van der Waals surface area (Å²) in [6.45, 7) is -1.34. The number of imide groups is 1. The van der Waals surface area contributed by atoms with Crippen molar-refractivity contribution in [2.45, 2.75) is 7.59 Å². The minimum Gasteiger partial charge on any atom is -0.496 e. The summed E-state index contributed by atoms with van der Waals surface area (Å²) in [6.07, 6.45) is -2.55. The van der Waals surface area contributed by atoms with Crippen LogP contribution in [0.15, 0.2) is 22.7 Å². The van der Waals surface area contributed by atoms with Crippen LogP contribution in [0.1, 0.15) is 0 Å². The van der Waals surface area contributed by atoms with Gasteiger partial charge < -0.3 is 18.7 Å². The number of alkyl halides is 6. The predicted octanol–water partition coefficient (Wildman–Crippen LogP) is 5.66. The summed E-state index contributed by atoms with van der Waals surface area (Å²) in [4.78, 5) is 25.4. The van der Waals surface area contributed by atoms with E-state index in [9.17, 15) is 9.59 Å². The van der Waals surface area contributed by atoms with Crippen LogP contribution >= 0.6 is 69.6 Å². The van der Waals surface area contributed by atoms with Gasteiger partial charge in [0.25, 0.3) is 0 Å². The Hall–Kier alpha value is -1.03. The molecule has 8 nitrogen and oxygen atoms in total. The summed E-state index contributed by atoms with van der Waals surface area (Å²) in [5, 5.41) is 3.89. The van der Waals surface area contributed by atoms with Gasteiger partial charge in [0, 0.05) is 0 Å². The second-order valence-electron chi connectivity index (χ2n) is 5.01. The first-order chi connectivity index (χ1) is 12.9. The average Bonchev–Trinajstić information content (AvgIpc) is 3.01. The number of fused-ring (bicyclic) bond motifs is 1. The number of anilines is 1. The number of hydrogen-bond acceptors (Lipinski definition) is 7. The Morgan fingerprint density at radius 1 is 1.04 bits per heavy atom. The van der Waals surface area contributed by atoms with Gasteiger partial charge >= 0.3 is 12.2 Å². The second-order valence-corrected chi connectivity index (χ2v) is 10.0.